The smallest absolute Gasteiger partial charge is 0.276 e. The van der Waals surface area contributed by atoms with Crippen molar-refractivity contribution in [2.24, 2.45) is 0 Å². The molecule has 5 heteroatoms. The maximum absolute atomic E-state index is 13.0. The number of rotatable bonds is 7. The molecule has 1 heterocycles. The standard InChI is InChI=1S/C22H24N4O/c1-25(16-8-11-17-9-4-2-5-10-17)22(27)20-21(18-14-15-18)26(24-23-20)19-12-6-3-7-13-19/h2-7,9-10,12-13,18H,8,11,14-16H2,1H3. The third kappa shape index (κ3) is 3.92. The van der Waals surface area contributed by atoms with E-state index in [4.69, 9.17) is 0 Å². The Labute approximate surface area is 159 Å². The molecule has 27 heavy (non-hydrogen) atoms. The molecule has 0 unspecified atom stereocenters. The van der Waals surface area contributed by atoms with Crippen molar-refractivity contribution >= 4 is 5.91 Å². The summed E-state index contributed by atoms with van der Waals surface area (Å²) >= 11 is 0. The lowest BCUT2D eigenvalue weighted by Gasteiger charge is -2.16. The van der Waals surface area contributed by atoms with Crippen LogP contribution in [-0.4, -0.2) is 39.4 Å². The van der Waals surface area contributed by atoms with Crippen molar-refractivity contribution in [3.8, 4) is 5.69 Å². The molecule has 2 aromatic carbocycles. The van der Waals surface area contributed by atoms with Gasteiger partial charge in [-0.3, -0.25) is 4.79 Å². The third-order valence-corrected chi connectivity index (χ3v) is 5.02. The van der Waals surface area contributed by atoms with Gasteiger partial charge in [-0.25, -0.2) is 4.68 Å². The zero-order valence-corrected chi connectivity index (χ0v) is 15.6. The molecule has 1 amide bonds. The third-order valence-electron chi connectivity index (χ3n) is 5.02. The van der Waals surface area contributed by atoms with Gasteiger partial charge in [0, 0.05) is 19.5 Å². The van der Waals surface area contributed by atoms with Crippen LogP contribution in [0.1, 0.15) is 46.9 Å². The highest BCUT2D eigenvalue weighted by Crippen LogP contribution is 2.42. The van der Waals surface area contributed by atoms with Gasteiger partial charge in [0.1, 0.15) is 0 Å². The lowest BCUT2D eigenvalue weighted by atomic mass is 10.1. The van der Waals surface area contributed by atoms with Crippen LogP contribution in [0.15, 0.2) is 60.7 Å². The van der Waals surface area contributed by atoms with Crippen molar-refractivity contribution in [1.29, 1.82) is 0 Å². The second kappa shape index (κ2) is 7.74. The fourth-order valence-corrected chi connectivity index (χ4v) is 3.37. The largest absolute Gasteiger partial charge is 0.340 e. The van der Waals surface area contributed by atoms with Crippen LogP contribution in [0.5, 0.6) is 0 Å². The van der Waals surface area contributed by atoms with E-state index in [9.17, 15) is 4.79 Å². The molecule has 138 valence electrons. The maximum atomic E-state index is 13.0. The highest BCUT2D eigenvalue weighted by Gasteiger charge is 2.35. The van der Waals surface area contributed by atoms with Gasteiger partial charge in [-0.2, -0.15) is 0 Å². The van der Waals surface area contributed by atoms with Crippen LogP contribution in [0.4, 0.5) is 0 Å². The molecule has 0 N–H and O–H groups in total. The fraction of sp³-hybridized carbons (Fsp3) is 0.318. The summed E-state index contributed by atoms with van der Waals surface area (Å²) in [5.74, 6) is 0.351. The Hall–Kier alpha value is -2.95. The summed E-state index contributed by atoms with van der Waals surface area (Å²) in [6, 6.07) is 20.3. The van der Waals surface area contributed by atoms with Gasteiger partial charge in [0.25, 0.3) is 5.91 Å². The summed E-state index contributed by atoms with van der Waals surface area (Å²) in [5.41, 5.74) is 3.72. The second-order valence-electron chi connectivity index (χ2n) is 7.16. The number of benzene rings is 2. The minimum atomic E-state index is -0.0351. The number of hydrogen-bond acceptors (Lipinski definition) is 3. The molecule has 5 nitrogen and oxygen atoms in total. The lowest BCUT2D eigenvalue weighted by molar-refractivity contribution is 0.0786. The zero-order chi connectivity index (χ0) is 18.6. The summed E-state index contributed by atoms with van der Waals surface area (Å²) in [7, 11) is 1.85. The first-order valence-corrected chi connectivity index (χ1v) is 9.54. The number of amides is 1. The van der Waals surface area contributed by atoms with E-state index in [2.05, 4.69) is 22.4 Å². The van der Waals surface area contributed by atoms with Crippen molar-refractivity contribution in [2.45, 2.75) is 31.6 Å². The topological polar surface area (TPSA) is 51.0 Å². The van der Waals surface area contributed by atoms with E-state index in [-0.39, 0.29) is 5.91 Å². The molecule has 1 aliphatic carbocycles. The van der Waals surface area contributed by atoms with E-state index >= 15 is 0 Å². The molecule has 4 rings (SSSR count). The van der Waals surface area contributed by atoms with Gasteiger partial charge >= 0.3 is 0 Å². The molecule has 0 radical (unpaired) electrons. The molecule has 1 aliphatic rings. The Balaban J connectivity index is 1.47. The van der Waals surface area contributed by atoms with E-state index in [0.717, 1.165) is 37.1 Å². The molecular formula is C22H24N4O. The normalized spacial score (nSPS) is 13.5. The van der Waals surface area contributed by atoms with E-state index in [1.54, 1.807) is 4.90 Å². The van der Waals surface area contributed by atoms with Gasteiger partial charge in [-0.1, -0.05) is 53.7 Å². The number of carbonyl (C=O) groups excluding carboxylic acids is 1. The molecule has 0 atom stereocenters. The zero-order valence-electron chi connectivity index (χ0n) is 15.6. The Kier molecular flexibility index (Phi) is 5.01. The first-order chi connectivity index (χ1) is 13.2. The van der Waals surface area contributed by atoms with E-state index in [0.29, 0.717) is 18.2 Å². The van der Waals surface area contributed by atoms with Crippen molar-refractivity contribution < 1.29 is 4.79 Å². The Bertz CT molecular complexity index is 901. The highest BCUT2D eigenvalue weighted by atomic mass is 16.2. The van der Waals surface area contributed by atoms with Crippen molar-refractivity contribution in [1.82, 2.24) is 19.9 Å². The van der Waals surface area contributed by atoms with Gasteiger partial charge in [0.05, 0.1) is 11.4 Å². The molecule has 0 saturated heterocycles. The minimum Gasteiger partial charge on any atom is -0.340 e. The summed E-state index contributed by atoms with van der Waals surface area (Å²) in [6.45, 7) is 0.704. The van der Waals surface area contributed by atoms with Crippen LogP contribution in [0.25, 0.3) is 5.69 Å². The summed E-state index contributed by atoms with van der Waals surface area (Å²) in [6.07, 6.45) is 4.08. The number of para-hydroxylation sites is 1. The number of aromatic nitrogens is 3. The fourth-order valence-electron chi connectivity index (χ4n) is 3.37. The SMILES string of the molecule is CN(CCCc1ccccc1)C(=O)c1nnn(-c2ccccc2)c1C1CC1. The predicted molar refractivity (Wildman–Crippen MR) is 105 cm³/mol. The first kappa shape index (κ1) is 17.5. The Morgan fingerprint density at radius 1 is 1.07 bits per heavy atom. The average Bonchev–Trinajstić information content (AvgIpc) is 3.46. The van der Waals surface area contributed by atoms with Crippen molar-refractivity contribution in [3.05, 3.63) is 77.6 Å². The summed E-state index contributed by atoms with van der Waals surface area (Å²) in [5, 5.41) is 8.56. The van der Waals surface area contributed by atoms with E-state index in [1.165, 1.54) is 5.56 Å². The minimum absolute atomic E-state index is 0.0351. The van der Waals surface area contributed by atoms with E-state index in [1.807, 2.05) is 60.3 Å². The molecule has 0 bridgehead atoms. The molecule has 0 aliphatic heterocycles. The van der Waals surface area contributed by atoms with Crippen molar-refractivity contribution in [2.75, 3.05) is 13.6 Å². The van der Waals surface area contributed by atoms with Crippen LogP contribution in [-0.2, 0) is 6.42 Å². The number of aryl methyl sites for hydroxylation is 1. The van der Waals surface area contributed by atoms with Gasteiger partial charge in [-0.15, -0.1) is 5.10 Å². The van der Waals surface area contributed by atoms with Crippen LogP contribution >= 0.6 is 0 Å². The van der Waals surface area contributed by atoms with Gasteiger partial charge in [0.15, 0.2) is 5.69 Å². The molecule has 1 fully saturated rings. The first-order valence-electron chi connectivity index (χ1n) is 9.54. The molecule has 1 saturated carbocycles. The molecule has 1 aromatic heterocycles. The number of nitrogens with zero attached hydrogens (tertiary/aromatic N) is 4. The quantitative estimate of drug-likeness (QED) is 0.643. The van der Waals surface area contributed by atoms with Gasteiger partial charge in [0.2, 0.25) is 0 Å². The second-order valence-corrected chi connectivity index (χ2v) is 7.16. The Morgan fingerprint density at radius 3 is 2.41 bits per heavy atom. The molecular weight excluding hydrogens is 336 g/mol. The van der Waals surface area contributed by atoms with E-state index < -0.39 is 0 Å². The lowest BCUT2D eigenvalue weighted by Crippen LogP contribution is -2.29. The highest BCUT2D eigenvalue weighted by molar-refractivity contribution is 5.93. The maximum Gasteiger partial charge on any atom is 0.276 e. The number of carbonyl (C=O) groups is 1. The number of hydrogen-bond donors (Lipinski definition) is 0. The van der Waals surface area contributed by atoms with Crippen LogP contribution in [0.2, 0.25) is 0 Å². The Morgan fingerprint density at radius 2 is 1.74 bits per heavy atom. The summed E-state index contributed by atoms with van der Waals surface area (Å²) < 4.78 is 1.84. The van der Waals surface area contributed by atoms with Crippen molar-refractivity contribution in [3.63, 3.8) is 0 Å². The van der Waals surface area contributed by atoms with Gasteiger partial charge in [-0.05, 0) is 43.4 Å². The van der Waals surface area contributed by atoms with Crippen LogP contribution in [0, 0.1) is 0 Å². The van der Waals surface area contributed by atoms with Crippen LogP contribution < -0.4 is 0 Å². The van der Waals surface area contributed by atoms with Crippen LogP contribution in [0.3, 0.4) is 0 Å². The predicted octanol–water partition coefficient (Wildman–Crippen LogP) is 3.85. The summed E-state index contributed by atoms with van der Waals surface area (Å²) in [4.78, 5) is 14.8. The monoisotopic (exact) mass is 360 g/mol. The molecule has 3 aromatic rings. The van der Waals surface area contributed by atoms with Gasteiger partial charge < -0.3 is 4.90 Å². The average molecular weight is 360 g/mol. The molecule has 0 spiro atoms.